The number of nitrogens with zero attached hydrogens (tertiary/aromatic N) is 1. The lowest BCUT2D eigenvalue weighted by Gasteiger charge is -2.06. The van der Waals surface area contributed by atoms with Gasteiger partial charge in [-0.15, -0.1) is 0 Å². The first-order valence-electron chi connectivity index (χ1n) is 8.80. The highest BCUT2D eigenvalue weighted by Gasteiger charge is 2.10. The van der Waals surface area contributed by atoms with Crippen molar-refractivity contribution in [2.45, 2.75) is 26.7 Å². The van der Waals surface area contributed by atoms with E-state index in [9.17, 15) is 14.9 Å². The van der Waals surface area contributed by atoms with E-state index in [1.54, 1.807) is 36.4 Å². The Labute approximate surface area is 159 Å². The SMILES string of the molecule is CCCCOc1ccc(/C=C(\C#N)C(=O)Nc2ccc(C(C)=O)cc2)cc1. The van der Waals surface area contributed by atoms with Crippen LogP contribution in [-0.4, -0.2) is 18.3 Å². The summed E-state index contributed by atoms with van der Waals surface area (Å²) in [5, 5.41) is 12.0. The van der Waals surface area contributed by atoms with Crippen LogP contribution >= 0.6 is 0 Å². The van der Waals surface area contributed by atoms with Crippen molar-refractivity contribution < 1.29 is 14.3 Å². The van der Waals surface area contributed by atoms with Crippen molar-refractivity contribution in [1.82, 2.24) is 0 Å². The predicted molar refractivity (Wildman–Crippen MR) is 106 cm³/mol. The normalized spacial score (nSPS) is 10.8. The van der Waals surface area contributed by atoms with E-state index in [2.05, 4.69) is 12.2 Å². The topological polar surface area (TPSA) is 79.2 Å². The number of ketones is 1. The molecule has 138 valence electrons. The molecule has 2 aromatic rings. The van der Waals surface area contributed by atoms with Gasteiger partial charge in [-0.25, -0.2) is 0 Å². The lowest BCUT2D eigenvalue weighted by Crippen LogP contribution is -2.13. The van der Waals surface area contributed by atoms with Gasteiger partial charge in [0.1, 0.15) is 17.4 Å². The molecule has 0 fully saturated rings. The molecule has 0 aromatic heterocycles. The fourth-order valence-electron chi connectivity index (χ4n) is 2.30. The molecule has 5 nitrogen and oxygen atoms in total. The van der Waals surface area contributed by atoms with Gasteiger partial charge in [-0.1, -0.05) is 25.5 Å². The van der Waals surface area contributed by atoms with E-state index in [1.807, 2.05) is 18.2 Å². The van der Waals surface area contributed by atoms with Crippen LogP contribution in [0.5, 0.6) is 5.75 Å². The number of hydrogen-bond donors (Lipinski definition) is 1. The quantitative estimate of drug-likeness (QED) is 0.322. The van der Waals surface area contributed by atoms with Gasteiger partial charge in [-0.3, -0.25) is 9.59 Å². The molecule has 0 aliphatic rings. The number of unbranched alkanes of at least 4 members (excludes halogenated alkanes) is 1. The summed E-state index contributed by atoms with van der Waals surface area (Å²) in [6, 6.07) is 15.7. The fraction of sp³-hybridized carbons (Fsp3) is 0.227. The second kappa shape index (κ2) is 9.93. The van der Waals surface area contributed by atoms with Crippen molar-refractivity contribution in [2.75, 3.05) is 11.9 Å². The first-order chi connectivity index (χ1) is 13.0. The number of ether oxygens (including phenoxy) is 1. The van der Waals surface area contributed by atoms with E-state index in [-0.39, 0.29) is 11.4 Å². The third-order valence-corrected chi connectivity index (χ3v) is 3.87. The average Bonchev–Trinajstić information content (AvgIpc) is 2.67. The summed E-state index contributed by atoms with van der Waals surface area (Å²) in [7, 11) is 0. The smallest absolute Gasteiger partial charge is 0.266 e. The summed E-state index contributed by atoms with van der Waals surface area (Å²) < 4.78 is 5.60. The molecule has 0 aliphatic heterocycles. The molecule has 2 aromatic carbocycles. The molecule has 5 heteroatoms. The molecule has 0 aliphatic carbocycles. The van der Waals surface area contributed by atoms with Gasteiger partial charge < -0.3 is 10.1 Å². The van der Waals surface area contributed by atoms with E-state index in [1.165, 1.54) is 13.0 Å². The van der Waals surface area contributed by atoms with E-state index >= 15 is 0 Å². The average molecular weight is 362 g/mol. The maximum Gasteiger partial charge on any atom is 0.266 e. The molecule has 0 atom stereocenters. The second-order valence-corrected chi connectivity index (χ2v) is 6.03. The lowest BCUT2D eigenvalue weighted by molar-refractivity contribution is -0.112. The van der Waals surface area contributed by atoms with Crippen LogP contribution in [0.25, 0.3) is 6.08 Å². The molecule has 0 radical (unpaired) electrons. The maximum absolute atomic E-state index is 12.3. The Kier molecular flexibility index (Phi) is 7.33. The Morgan fingerprint density at radius 3 is 2.33 bits per heavy atom. The fourth-order valence-corrected chi connectivity index (χ4v) is 2.30. The number of benzene rings is 2. The molecular weight excluding hydrogens is 340 g/mol. The summed E-state index contributed by atoms with van der Waals surface area (Å²) in [4.78, 5) is 23.6. The standard InChI is InChI=1S/C22H22N2O3/c1-3-4-13-27-21-11-5-17(6-12-21)14-19(15-23)22(26)24-20-9-7-18(8-10-20)16(2)25/h5-12,14H,3-4,13H2,1-2H3,(H,24,26)/b19-14+. The number of Topliss-reactive ketones (excluding diaryl/α,β-unsaturated/α-hetero) is 1. The predicted octanol–water partition coefficient (Wildman–Crippen LogP) is 4.61. The Balaban J connectivity index is 2.05. The summed E-state index contributed by atoms with van der Waals surface area (Å²) in [6.45, 7) is 4.24. The van der Waals surface area contributed by atoms with E-state index in [0.29, 0.717) is 17.9 Å². The summed E-state index contributed by atoms with van der Waals surface area (Å²) >= 11 is 0. The third-order valence-electron chi connectivity index (χ3n) is 3.87. The molecule has 1 amide bonds. The maximum atomic E-state index is 12.3. The van der Waals surface area contributed by atoms with Crippen LogP contribution in [0.1, 0.15) is 42.6 Å². The first-order valence-corrected chi connectivity index (χ1v) is 8.80. The molecule has 0 saturated carbocycles. The van der Waals surface area contributed by atoms with Gasteiger partial charge in [0.05, 0.1) is 6.61 Å². The van der Waals surface area contributed by atoms with E-state index in [0.717, 1.165) is 24.2 Å². The minimum absolute atomic E-state index is 0.00899. The highest BCUT2D eigenvalue weighted by Crippen LogP contribution is 2.16. The first kappa shape index (κ1) is 19.9. The zero-order valence-corrected chi connectivity index (χ0v) is 15.5. The monoisotopic (exact) mass is 362 g/mol. The van der Waals surface area contributed by atoms with Crippen LogP contribution in [0.2, 0.25) is 0 Å². The van der Waals surface area contributed by atoms with Gasteiger partial charge in [0.15, 0.2) is 5.78 Å². The number of carbonyl (C=O) groups is 2. The molecule has 0 bridgehead atoms. The number of anilines is 1. The van der Waals surface area contributed by atoms with Crippen LogP contribution in [-0.2, 0) is 4.79 Å². The molecule has 0 spiro atoms. The van der Waals surface area contributed by atoms with Crippen molar-refractivity contribution >= 4 is 23.5 Å². The van der Waals surface area contributed by atoms with Gasteiger partial charge in [0, 0.05) is 11.3 Å². The minimum Gasteiger partial charge on any atom is -0.494 e. The van der Waals surface area contributed by atoms with Gasteiger partial charge in [0.25, 0.3) is 5.91 Å². The number of nitrogens with one attached hydrogen (secondary N) is 1. The number of carbonyl (C=O) groups excluding carboxylic acids is 2. The number of nitriles is 1. The summed E-state index contributed by atoms with van der Waals surface area (Å²) in [6.07, 6.45) is 3.59. The molecule has 0 saturated heterocycles. The van der Waals surface area contributed by atoms with Gasteiger partial charge in [0.2, 0.25) is 0 Å². The van der Waals surface area contributed by atoms with Crippen molar-refractivity contribution in [3.8, 4) is 11.8 Å². The van der Waals surface area contributed by atoms with Gasteiger partial charge in [-0.2, -0.15) is 5.26 Å². The lowest BCUT2D eigenvalue weighted by atomic mass is 10.1. The van der Waals surface area contributed by atoms with Crippen LogP contribution in [0.15, 0.2) is 54.1 Å². The van der Waals surface area contributed by atoms with Crippen LogP contribution in [0.3, 0.4) is 0 Å². The molecular formula is C22H22N2O3. The summed E-state index contributed by atoms with van der Waals surface area (Å²) in [5.41, 5.74) is 1.80. The van der Waals surface area contributed by atoms with E-state index in [4.69, 9.17) is 4.74 Å². The van der Waals surface area contributed by atoms with Crippen LogP contribution in [0.4, 0.5) is 5.69 Å². The molecule has 0 unspecified atom stereocenters. The number of rotatable bonds is 8. The highest BCUT2D eigenvalue weighted by molar-refractivity contribution is 6.09. The van der Waals surface area contributed by atoms with Crippen molar-refractivity contribution in [3.05, 3.63) is 65.2 Å². The number of amides is 1. The van der Waals surface area contributed by atoms with E-state index < -0.39 is 5.91 Å². The second-order valence-electron chi connectivity index (χ2n) is 6.03. The Morgan fingerprint density at radius 1 is 1.11 bits per heavy atom. The highest BCUT2D eigenvalue weighted by atomic mass is 16.5. The molecule has 2 rings (SSSR count). The van der Waals surface area contributed by atoms with Crippen molar-refractivity contribution in [2.24, 2.45) is 0 Å². The third kappa shape index (κ3) is 6.12. The van der Waals surface area contributed by atoms with Crippen molar-refractivity contribution in [3.63, 3.8) is 0 Å². The molecule has 27 heavy (non-hydrogen) atoms. The van der Waals surface area contributed by atoms with Crippen molar-refractivity contribution in [1.29, 1.82) is 5.26 Å². The number of hydrogen-bond acceptors (Lipinski definition) is 4. The Bertz CT molecular complexity index is 860. The molecule has 1 N–H and O–H groups in total. The van der Waals surface area contributed by atoms with Gasteiger partial charge in [-0.05, 0) is 61.4 Å². The zero-order valence-electron chi connectivity index (χ0n) is 15.5. The summed E-state index contributed by atoms with van der Waals surface area (Å²) in [5.74, 6) is 0.207. The largest absolute Gasteiger partial charge is 0.494 e. The Morgan fingerprint density at radius 2 is 1.78 bits per heavy atom. The van der Waals surface area contributed by atoms with Crippen LogP contribution < -0.4 is 10.1 Å². The molecule has 0 heterocycles. The zero-order chi connectivity index (χ0) is 19.6. The van der Waals surface area contributed by atoms with Gasteiger partial charge >= 0.3 is 0 Å². The van der Waals surface area contributed by atoms with Crippen LogP contribution in [0, 0.1) is 11.3 Å². The Hall–Kier alpha value is -3.39. The minimum atomic E-state index is -0.503.